The molecule has 0 saturated carbocycles. The van der Waals surface area contributed by atoms with Gasteiger partial charge in [0.25, 0.3) is 0 Å². The van der Waals surface area contributed by atoms with E-state index in [1.165, 1.54) is 66.3 Å². The topological polar surface area (TPSA) is 30.9 Å². The fraction of sp³-hybridized carbons (Fsp3) is 0.111. The van der Waals surface area contributed by atoms with Crippen molar-refractivity contribution >= 4 is 49.0 Å². The van der Waals surface area contributed by atoms with Gasteiger partial charge in [-0.15, -0.1) is 0 Å². The van der Waals surface area contributed by atoms with Crippen LogP contribution in [0.2, 0.25) is 0 Å². The summed E-state index contributed by atoms with van der Waals surface area (Å²) in [7, 11) is 0. The fourth-order valence-electron chi connectivity index (χ4n) is 7.59. The van der Waals surface area contributed by atoms with Crippen LogP contribution in [0.4, 0.5) is 0 Å². The van der Waals surface area contributed by atoms with Crippen molar-refractivity contribution in [1.82, 2.24) is 4.57 Å². The number of hydrogen-bond acceptors (Lipinski definition) is 1. The Morgan fingerprint density at radius 1 is 0.846 bits per heavy atom. The van der Waals surface area contributed by atoms with Gasteiger partial charge in [-0.2, -0.15) is 0 Å². The van der Waals surface area contributed by atoms with E-state index >= 15 is 0 Å². The second-order valence-corrected chi connectivity index (χ2v) is 11.7. The van der Waals surface area contributed by atoms with E-state index in [4.69, 9.17) is 5.73 Å². The molecule has 2 N–H and O–H groups in total. The van der Waals surface area contributed by atoms with Crippen LogP contribution in [0, 0.1) is 0 Å². The number of hydrogen-bond donors (Lipinski definition) is 1. The zero-order chi connectivity index (χ0) is 26.3. The number of para-hydroxylation sites is 1. The molecule has 39 heavy (non-hydrogen) atoms. The molecular formula is C36H27BrN2. The van der Waals surface area contributed by atoms with Crippen molar-refractivity contribution in [3.63, 3.8) is 0 Å². The molecule has 8 rings (SSSR count). The number of nitrogens with zero attached hydrogens (tertiary/aromatic N) is 1. The lowest BCUT2D eigenvalue weighted by Gasteiger charge is -2.32. The molecule has 5 aromatic rings. The largest absolute Gasteiger partial charge is 0.404 e. The van der Waals surface area contributed by atoms with E-state index < -0.39 is 0 Å². The van der Waals surface area contributed by atoms with Crippen molar-refractivity contribution in [1.29, 1.82) is 0 Å². The molecule has 188 valence electrons. The average molecular weight is 568 g/mol. The molecule has 3 heteroatoms. The van der Waals surface area contributed by atoms with Crippen molar-refractivity contribution < 1.29 is 0 Å². The van der Waals surface area contributed by atoms with E-state index in [0.29, 0.717) is 0 Å². The molecule has 3 aliphatic rings. The van der Waals surface area contributed by atoms with E-state index in [9.17, 15) is 0 Å². The maximum absolute atomic E-state index is 5.87. The van der Waals surface area contributed by atoms with E-state index in [2.05, 4.69) is 131 Å². The first-order valence-corrected chi connectivity index (χ1v) is 14.4. The molecule has 1 spiro atoms. The Morgan fingerprint density at radius 3 is 2.28 bits per heavy atom. The number of fused-ring (bicyclic) bond motifs is 13. The van der Waals surface area contributed by atoms with Crippen LogP contribution >= 0.6 is 15.9 Å². The first kappa shape index (κ1) is 22.9. The van der Waals surface area contributed by atoms with Gasteiger partial charge in [-0.05, 0) is 86.8 Å². The molecule has 0 unspecified atom stereocenters. The van der Waals surface area contributed by atoms with Crippen LogP contribution in [-0.2, 0) is 5.41 Å². The zero-order valence-electron chi connectivity index (χ0n) is 21.7. The molecule has 0 amide bonds. The second-order valence-electron chi connectivity index (χ2n) is 10.7. The molecule has 1 heterocycles. The highest BCUT2D eigenvalue weighted by Crippen LogP contribution is 2.64. The molecule has 1 aromatic heterocycles. The molecule has 0 aliphatic heterocycles. The summed E-state index contributed by atoms with van der Waals surface area (Å²) < 4.78 is 3.32. The molecule has 0 saturated heterocycles. The highest BCUT2D eigenvalue weighted by molar-refractivity contribution is 9.11. The van der Waals surface area contributed by atoms with Gasteiger partial charge in [-0.1, -0.05) is 91.0 Å². The summed E-state index contributed by atoms with van der Waals surface area (Å²) in [6, 6.07) is 31.6. The Balaban J connectivity index is 1.59. The predicted octanol–water partition coefficient (Wildman–Crippen LogP) is 9.28. The molecule has 0 fully saturated rings. The smallest absolute Gasteiger partial charge is 0.0722 e. The Kier molecular flexibility index (Phi) is 4.81. The van der Waals surface area contributed by atoms with Crippen molar-refractivity contribution in [3.05, 3.63) is 142 Å². The van der Waals surface area contributed by atoms with Crippen molar-refractivity contribution in [2.45, 2.75) is 25.2 Å². The van der Waals surface area contributed by atoms with Crippen LogP contribution < -0.4 is 5.73 Å². The minimum absolute atomic E-state index is 0.306. The number of allylic oxidation sites excluding steroid dienone is 7. The summed E-state index contributed by atoms with van der Waals surface area (Å²) in [5, 5.41) is 2.57. The van der Waals surface area contributed by atoms with E-state index in [1.54, 1.807) is 6.20 Å². The first-order chi connectivity index (χ1) is 19.2. The normalized spacial score (nSPS) is 17.2. The first-order valence-electron chi connectivity index (χ1n) is 13.6. The second kappa shape index (κ2) is 8.21. The van der Waals surface area contributed by atoms with Gasteiger partial charge < -0.3 is 10.3 Å². The van der Waals surface area contributed by atoms with Crippen molar-refractivity contribution in [3.8, 4) is 11.1 Å². The highest BCUT2D eigenvalue weighted by Gasteiger charge is 2.53. The Morgan fingerprint density at radius 2 is 1.54 bits per heavy atom. The standard InChI is InChI=1S/C36H27BrN2/c1-22(20-23(37)21-38)39-33-17-9-5-12-26(33)27-18-19-32-34(35(27)39)28-13-4-8-16-31(28)36(32)29-14-6-2-10-24(29)25-11-3-7-15-30(25)36/h2-3,5-12,14-21H,4,13,38H2,1H3/b22-20+,23-21+. The van der Waals surface area contributed by atoms with Crippen LogP contribution in [0.25, 0.3) is 44.2 Å². The third-order valence-corrected chi connectivity index (χ3v) is 9.42. The van der Waals surface area contributed by atoms with Gasteiger partial charge in [0, 0.05) is 32.7 Å². The minimum atomic E-state index is -0.306. The SMILES string of the molecule is C/C(=C\C(Br)=C/N)n1c2ccccc2c2ccc3c(c21)C1=C(C=CCC1)C31c2ccccc2-c2ccccc21. The van der Waals surface area contributed by atoms with Crippen LogP contribution in [0.3, 0.4) is 0 Å². The molecule has 0 bridgehead atoms. The van der Waals surface area contributed by atoms with Crippen LogP contribution in [0.1, 0.15) is 42.0 Å². The van der Waals surface area contributed by atoms with Gasteiger partial charge >= 0.3 is 0 Å². The molecule has 4 aromatic carbocycles. The molecule has 3 aliphatic carbocycles. The number of rotatable bonds is 2. The van der Waals surface area contributed by atoms with E-state index in [1.807, 2.05) is 0 Å². The Hall–Kier alpha value is -4.08. The van der Waals surface area contributed by atoms with Gasteiger partial charge in [0.05, 0.1) is 16.4 Å². The van der Waals surface area contributed by atoms with E-state index in [0.717, 1.165) is 23.0 Å². The highest BCUT2D eigenvalue weighted by atomic mass is 79.9. The molecular weight excluding hydrogens is 540 g/mol. The summed E-state index contributed by atoms with van der Waals surface area (Å²) in [6.07, 6.45) is 10.6. The Labute approximate surface area is 236 Å². The third kappa shape index (κ3) is 2.81. The van der Waals surface area contributed by atoms with Gasteiger partial charge in [0.2, 0.25) is 0 Å². The molecule has 0 atom stereocenters. The van der Waals surface area contributed by atoms with Crippen molar-refractivity contribution in [2.75, 3.05) is 0 Å². The monoisotopic (exact) mass is 566 g/mol. The van der Waals surface area contributed by atoms with Gasteiger partial charge in [0.15, 0.2) is 0 Å². The lowest BCUT2D eigenvalue weighted by molar-refractivity contribution is 0.781. The molecule has 0 radical (unpaired) electrons. The average Bonchev–Trinajstić information content (AvgIpc) is 3.59. The summed E-state index contributed by atoms with van der Waals surface area (Å²) in [4.78, 5) is 0. The lowest BCUT2D eigenvalue weighted by atomic mass is 9.69. The van der Waals surface area contributed by atoms with Gasteiger partial charge in [-0.3, -0.25) is 0 Å². The van der Waals surface area contributed by atoms with Gasteiger partial charge in [-0.25, -0.2) is 0 Å². The summed E-state index contributed by atoms with van der Waals surface area (Å²) in [5.41, 5.74) is 20.4. The lowest BCUT2D eigenvalue weighted by Crippen LogP contribution is -2.27. The quantitative estimate of drug-likeness (QED) is 0.212. The minimum Gasteiger partial charge on any atom is -0.404 e. The summed E-state index contributed by atoms with van der Waals surface area (Å²) in [6.45, 7) is 2.18. The number of halogens is 1. The number of benzene rings is 4. The van der Waals surface area contributed by atoms with Crippen LogP contribution in [0.5, 0.6) is 0 Å². The van der Waals surface area contributed by atoms with Crippen molar-refractivity contribution in [2.24, 2.45) is 5.73 Å². The summed E-state index contributed by atoms with van der Waals surface area (Å²) in [5.74, 6) is 0. The Bertz CT molecular complexity index is 1950. The maximum Gasteiger partial charge on any atom is 0.0722 e. The number of nitrogens with two attached hydrogens (primary N) is 1. The summed E-state index contributed by atoms with van der Waals surface area (Å²) >= 11 is 3.62. The zero-order valence-corrected chi connectivity index (χ0v) is 23.3. The maximum atomic E-state index is 5.87. The number of aromatic nitrogens is 1. The van der Waals surface area contributed by atoms with Gasteiger partial charge in [0.1, 0.15) is 0 Å². The van der Waals surface area contributed by atoms with Crippen LogP contribution in [0.15, 0.2) is 119 Å². The van der Waals surface area contributed by atoms with E-state index in [-0.39, 0.29) is 5.41 Å². The van der Waals surface area contributed by atoms with Crippen LogP contribution in [-0.4, -0.2) is 4.57 Å². The third-order valence-electron chi connectivity index (χ3n) is 8.93. The molecule has 2 nitrogen and oxygen atoms in total. The fourth-order valence-corrected chi connectivity index (χ4v) is 7.92. The predicted molar refractivity (Wildman–Crippen MR) is 168 cm³/mol.